The largest absolute Gasteiger partial charge is 0.481 e. The van der Waals surface area contributed by atoms with E-state index in [4.69, 9.17) is 9.84 Å². The van der Waals surface area contributed by atoms with Crippen LogP contribution in [-0.2, 0) is 11.8 Å². The summed E-state index contributed by atoms with van der Waals surface area (Å²) in [7, 11) is 3.10. The fraction of sp³-hybridized carbons (Fsp3) is 0.545. The molecule has 2 N–H and O–H groups in total. The Labute approximate surface area is 105 Å². The fourth-order valence-corrected chi connectivity index (χ4v) is 1.53. The monoisotopic (exact) mass is 255 g/mol. The molecule has 0 aliphatic heterocycles. The Morgan fingerprint density at radius 3 is 2.72 bits per heavy atom. The molecule has 7 heteroatoms. The number of aliphatic carboxylic acids is 1. The van der Waals surface area contributed by atoms with Crippen LogP contribution in [0.2, 0.25) is 0 Å². The van der Waals surface area contributed by atoms with Crippen LogP contribution in [0.15, 0.2) is 6.07 Å². The minimum atomic E-state index is -1.05. The van der Waals surface area contributed by atoms with E-state index in [0.717, 1.165) is 0 Å². The lowest BCUT2D eigenvalue weighted by molar-refractivity contribution is -0.139. The highest BCUT2D eigenvalue weighted by atomic mass is 16.5. The molecule has 0 radical (unpaired) electrons. The highest BCUT2D eigenvalue weighted by Crippen LogP contribution is 2.11. The maximum absolute atomic E-state index is 11.8. The predicted molar refractivity (Wildman–Crippen MR) is 63.6 cm³/mol. The first-order valence-electron chi connectivity index (χ1n) is 5.61. The third-order valence-electron chi connectivity index (χ3n) is 2.46. The van der Waals surface area contributed by atoms with Gasteiger partial charge in [0, 0.05) is 13.1 Å². The minimum absolute atomic E-state index is 0.136. The van der Waals surface area contributed by atoms with Gasteiger partial charge >= 0.3 is 5.97 Å². The van der Waals surface area contributed by atoms with Crippen LogP contribution < -0.4 is 10.1 Å². The van der Waals surface area contributed by atoms with Crippen molar-refractivity contribution in [3.8, 4) is 5.88 Å². The van der Waals surface area contributed by atoms with E-state index in [0.29, 0.717) is 18.7 Å². The number of carbonyl (C=O) groups excluding carboxylic acids is 1. The maximum atomic E-state index is 11.8. The Bertz CT molecular complexity index is 441. The van der Waals surface area contributed by atoms with E-state index in [1.54, 1.807) is 7.05 Å². The zero-order valence-electron chi connectivity index (χ0n) is 10.6. The first kappa shape index (κ1) is 14.0. The van der Waals surface area contributed by atoms with Crippen molar-refractivity contribution in [2.24, 2.45) is 7.05 Å². The molecule has 0 bridgehead atoms. The number of nitrogens with one attached hydrogen (secondary N) is 1. The molecule has 100 valence electrons. The van der Waals surface area contributed by atoms with Crippen molar-refractivity contribution in [2.75, 3.05) is 7.11 Å². The van der Waals surface area contributed by atoms with Crippen LogP contribution in [0, 0.1) is 0 Å². The number of aromatic nitrogens is 2. The number of rotatable bonds is 6. The molecule has 1 aromatic heterocycles. The minimum Gasteiger partial charge on any atom is -0.481 e. The topological polar surface area (TPSA) is 93.5 Å². The number of carbonyl (C=O) groups is 2. The molecule has 0 fully saturated rings. The van der Waals surface area contributed by atoms with Crippen molar-refractivity contribution in [3.05, 3.63) is 11.8 Å². The van der Waals surface area contributed by atoms with Gasteiger partial charge in [-0.2, -0.15) is 5.10 Å². The van der Waals surface area contributed by atoms with E-state index < -0.39 is 17.9 Å². The summed E-state index contributed by atoms with van der Waals surface area (Å²) in [6, 6.07) is 0.565. The van der Waals surface area contributed by atoms with Gasteiger partial charge in [-0.05, 0) is 6.42 Å². The second kappa shape index (κ2) is 6.04. The summed E-state index contributed by atoms with van der Waals surface area (Å²) in [4.78, 5) is 22.7. The second-order valence-electron chi connectivity index (χ2n) is 3.85. The summed E-state index contributed by atoms with van der Waals surface area (Å²) in [5.74, 6) is -1.13. The Morgan fingerprint density at radius 2 is 2.28 bits per heavy atom. The Balaban J connectivity index is 2.77. The lowest BCUT2D eigenvalue weighted by atomic mass is 10.1. The number of ether oxygens (including phenoxy) is 1. The number of aryl methyl sites for hydroxylation is 1. The third kappa shape index (κ3) is 3.22. The van der Waals surface area contributed by atoms with Crippen LogP contribution in [0.4, 0.5) is 0 Å². The molecule has 1 atom stereocenters. The fourth-order valence-electron chi connectivity index (χ4n) is 1.53. The molecule has 1 aromatic rings. The van der Waals surface area contributed by atoms with Gasteiger partial charge in [0.05, 0.1) is 7.11 Å². The molecule has 0 aliphatic carbocycles. The van der Waals surface area contributed by atoms with Gasteiger partial charge in [-0.15, -0.1) is 0 Å². The number of carboxylic acids is 1. The molecule has 0 aromatic carbocycles. The van der Waals surface area contributed by atoms with Gasteiger partial charge in [-0.3, -0.25) is 4.79 Å². The first-order valence-corrected chi connectivity index (χ1v) is 5.61. The summed E-state index contributed by atoms with van der Waals surface area (Å²) in [6.45, 7) is 1.85. The first-order chi connectivity index (χ1) is 8.49. The molecule has 0 aliphatic rings. The maximum Gasteiger partial charge on any atom is 0.326 e. The third-order valence-corrected chi connectivity index (χ3v) is 2.46. The zero-order valence-corrected chi connectivity index (χ0v) is 10.6. The van der Waals surface area contributed by atoms with Crippen LogP contribution in [-0.4, -0.2) is 39.9 Å². The van der Waals surface area contributed by atoms with Crippen molar-refractivity contribution in [1.29, 1.82) is 0 Å². The van der Waals surface area contributed by atoms with Crippen molar-refractivity contribution < 1.29 is 19.4 Å². The molecule has 18 heavy (non-hydrogen) atoms. The van der Waals surface area contributed by atoms with E-state index in [9.17, 15) is 9.59 Å². The van der Waals surface area contributed by atoms with Gasteiger partial charge in [0.2, 0.25) is 5.88 Å². The lowest BCUT2D eigenvalue weighted by Crippen LogP contribution is -2.40. The number of amides is 1. The second-order valence-corrected chi connectivity index (χ2v) is 3.85. The van der Waals surface area contributed by atoms with Crippen LogP contribution in [0.25, 0.3) is 0 Å². The molecule has 1 amide bonds. The summed E-state index contributed by atoms with van der Waals surface area (Å²) >= 11 is 0. The number of carboxylic acid groups (broad SMARTS) is 1. The van der Waals surface area contributed by atoms with Crippen molar-refractivity contribution in [2.45, 2.75) is 25.8 Å². The molecular formula is C11H17N3O4. The van der Waals surface area contributed by atoms with Crippen LogP contribution in [0.3, 0.4) is 0 Å². The van der Waals surface area contributed by atoms with Crippen LogP contribution in [0.1, 0.15) is 30.3 Å². The van der Waals surface area contributed by atoms with Gasteiger partial charge in [-0.25, -0.2) is 9.48 Å². The predicted octanol–water partition coefficient (Wildman–Crippen LogP) is 0.412. The van der Waals surface area contributed by atoms with E-state index in [-0.39, 0.29) is 5.69 Å². The van der Waals surface area contributed by atoms with Crippen molar-refractivity contribution >= 4 is 11.9 Å². The average molecular weight is 255 g/mol. The van der Waals surface area contributed by atoms with Gasteiger partial charge in [0.1, 0.15) is 6.04 Å². The summed E-state index contributed by atoms with van der Waals surface area (Å²) in [5.41, 5.74) is 0.136. The van der Waals surface area contributed by atoms with E-state index in [1.165, 1.54) is 17.9 Å². The number of methoxy groups -OCH3 is 1. The molecule has 0 saturated heterocycles. The quantitative estimate of drug-likeness (QED) is 0.768. The molecule has 1 heterocycles. The Hall–Kier alpha value is -2.05. The summed E-state index contributed by atoms with van der Waals surface area (Å²) < 4.78 is 6.39. The van der Waals surface area contributed by atoms with Gasteiger partial charge in [0.25, 0.3) is 5.91 Å². The van der Waals surface area contributed by atoms with Crippen molar-refractivity contribution in [1.82, 2.24) is 15.1 Å². The lowest BCUT2D eigenvalue weighted by Gasteiger charge is -2.11. The van der Waals surface area contributed by atoms with Gasteiger partial charge in [0.15, 0.2) is 5.69 Å². The van der Waals surface area contributed by atoms with Crippen molar-refractivity contribution in [3.63, 3.8) is 0 Å². The van der Waals surface area contributed by atoms with E-state index >= 15 is 0 Å². The normalized spacial score (nSPS) is 11.9. The highest BCUT2D eigenvalue weighted by Gasteiger charge is 2.21. The average Bonchev–Trinajstić information content (AvgIpc) is 2.69. The van der Waals surface area contributed by atoms with Crippen LogP contribution in [0.5, 0.6) is 5.88 Å². The Kier molecular flexibility index (Phi) is 4.70. The van der Waals surface area contributed by atoms with Crippen LogP contribution >= 0.6 is 0 Å². The van der Waals surface area contributed by atoms with E-state index in [2.05, 4.69) is 10.4 Å². The molecule has 0 spiro atoms. The SMILES string of the molecule is CCC[C@H](NC(=O)c1cc(OC)n(C)n1)C(=O)O. The standard InChI is InChI=1S/C11H17N3O4/c1-4-5-7(11(16)17)12-10(15)8-6-9(18-3)14(2)13-8/h6-7H,4-5H2,1-3H3,(H,12,15)(H,16,17)/t7-/m0/s1. The number of hydrogen-bond acceptors (Lipinski definition) is 4. The molecule has 0 saturated carbocycles. The molecule has 1 rings (SSSR count). The number of hydrogen-bond donors (Lipinski definition) is 2. The number of nitrogens with zero attached hydrogens (tertiary/aromatic N) is 2. The van der Waals surface area contributed by atoms with E-state index in [1.807, 2.05) is 6.92 Å². The van der Waals surface area contributed by atoms with Gasteiger partial charge in [-0.1, -0.05) is 13.3 Å². The molecular weight excluding hydrogens is 238 g/mol. The summed E-state index contributed by atoms with van der Waals surface area (Å²) in [6.07, 6.45) is 1.05. The van der Waals surface area contributed by atoms with Gasteiger partial charge < -0.3 is 15.2 Å². The highest BCUT2D eigenvalue weighted by molar-refractivity contribution is 5.95. The summed E-state index contributed by atoms with van der Waals surface area (Å²) in [5, 5.41) is 15.3. The molecule has 7 nitrogen and oxygen atoms in total. The smallest absolute Gasteiger partial charge is 0.326 e. The zero-order chi connectivity index (χ0) is 13.7. The molecule has 0 unspecified atom stereocenters. The Morgan fingerprint density at radius 1 is 1.61 bits per heavy atom.